The number of hydrogen-bond acceptors (Lipinski definition) is 4. The van der Waals surface area contributed by atoms with E-state index in [1.807, 2.05) is 6.07 Å². The first-order chi connectivity index (χ1) is 11.5. The molecule has 0 spiro atoms. The van der Waals surface area contributed by atoms with E-state index < -0.39 is 10.0 Å². The number of hydrogen-bond donors (Lipinski definition) is 2. The Morgan fingerprint density at radius 2 is 2.17 bits per heavy atom. The molecule has 0 radical (unpaired) electrons. The second kappa shape index (κ2) is 6.82. The number of nitrogens with one attached hydrogen (secondary N) is 1. The number of sulfonamides is 1. The molecule has 1 aliphatic carbocycles. The molecule has 1 aliphatic heterocycles. The van der Waals surface area contributed by atoms with Crippen LogP contribution in [-0.4, -0.2) is 34.0 Å². The summed E-state index contributed by atoms with van der Waals surface area (Å²) in [5.41, 5.74) is 7.58. The highest BCUT2D eigenvalue weighted by atomic mass is 32.2. The lowest BCUT2D eigenvalue weighted by atomic mass is 9.94. The minimum absolute atomic E-state index is 0.0324. The second-order valence-electron chi connectivity index (χ2n) is 6.56. The zero-order valence-corrected chi connectivity index (χ0v) is 14.8. The first-order valence-corrected chi connectivity index (χ1v) is 10.1. The molecule has 1 fully saturated rings. The topological polar surface area (TPSA) is 92.5 Å². The van der Waals surface area contributed by atoms with Gasteiger partial charge in [0.25, 0.3) is 0 Å². The second-order valence-corrected chi connectivity index (χ2v) is 8.33. The number of anilines is 1. The van der Waals surface area contributed by atoms with Gasteiger partial charge < -0.3 is 10.6 Å². The molecular formula is C17H25N3O3S. The van der Waals surface area contributed by atoms with Crippen molar-refractivity contribution < 1.29 is 13.2 Å². The summed E-state index contributed by atoms with van der Waals surface area (Å²) in [4.78, 5) is 14.9. The van der Waals surface area contributed by atoms with Crippen molar-refractivity contribution in [2.45, 2.75) is 37.5 Å². The van der Waals surface area contributed by atoms with E-state index in [-0.39, 0.29) is 22.6 Å². The molecule has 1 aromatic carbocycles. The number of carbonyl (C=O) groups is 1. The lowest BCUT2D eigenvalue weighted by Crippen LogP contribution is -2.38. The van der Waals surface area contributed by atoms with Gasteiger partial charge >= 0.3 is 0 Å². The van der Waals surface area contributed by atoms with E-state index in [0.29, 0.717) is 19.6 Å². The first kappa shape index (κ1) is 17.4. The molecule has 132 valence electrons. The molecule has 24 heavy (non-hydrogen) atoms. The van der Waals surface area contributed by atoms with Crippen LogP contribution < -0.4 is 15.4 Å². The summed E-state index contributed by atoms with van der Waals surface area (Å²) in [6.45, 7) is 3.23. The SMILES string of the molecule is CCNS(=O)(=O)c1ccc2c(c1)N(C(=O)[C@@H]1CCC[C@@H]1CN)CC2. The summed E-state index contributed by atoms with van der Waals surface area (Å²) in [5.74, 6) is 0.310. The van der Waals surface area contributed by atoms with Crippen LogP contribution in [0.25, 0.3) is 0 Å². The third-order valence-corrected chi connectivity index (χ3v) is 6.69. The number of amides is 1. The molecule has 1 heterocycles. The van der Waals surface area contributed by atoms with Gasteiger partial charge in [-0.1, -0.05) is 19.4 Å². The smallest absolute Gasteiger partial charge is 0.240 e. The van der Waals surface area contributed by atoms with Crippen LogP contribution in [0.5, 0.6) is 0 Å². The van der Waals surface area contributed by atoms with Gasteiger partial charge in [-0.2, -0.15) is 0 Å². The fourth-order valence-electron chi connectivity index (χ4n) is 3.87. The van der Waals surface area contributed by atoms with Crippen molar-refractivity contribution in [2.24, 2.45) is 17.6 Å². The van der Waals surface area contributed by atoms with E-state index >= 15 is 0 Å². The van der Waals surface area contributed by atoms with Gasteiger partial charge in [-0.15, -0.1) is 0 Å². The Kier molecular flexibility index (Phi) is 4.94. The zero-order chi connectivity index (χ0) is 17.3. The van der Waals surface area contributed by atoms with Crippen molar-refractivity contribution >= 4 is 21.6 Å². The lowest BCUT2D eigenvalue weighted by molar-refractivity contribution is -0.123. The van der Waals surface area contributed by atoms with Gasteiger partial charge in [0.05, 0.1) is 4.90 Å². The van der Waals surface area contributed by atoms with E-state index in [1.165, 1.54) is 0 Å². The summed E-state index contributed by atoms with van der Waals surface area (Å²) in [6.07, 6.45) is 3.68. The normalized spacial score (nSPS) is 23.5. The molecule has 7 heteroatoms. The standard InChI is InChI=1S/C17H25N3O3S/c1-2-19-24(22,23)14-7-6-12-8-9-20(16(12)10-14)17(21)15-5-3-4-13(15)11-18/h6-7,10,13,15,19H,2-5,8-9,11,18H2,1H3/t13-,15-/m1/s1. The van der Waals surface area contributed by atoms with Gasteiger partial charge in [0.2, 0.25) is 15.9 Å². The fraction of sp³-hybridized carbons (Fsp3) is 0.588. The summed E-state index contributed by atoms with van der Waals surface area (Å²) in [7, 11) is -3.52. The van der Waals surface area contributed by atoms with Gasteiger partial charge in [-0.25, -0.2) is 13.1 Å². The lowest BCUT2D eigenvalue weighted by Gasteiger charge is -2.25. The molecule has 6 nitrogen and oxygen atoms in total. The molecule has 2 atom stereocenters. The van der Waals surface area contributed by atoms with Gasteiger partial charge in [0.15, 0.2) is 0 Å². The van der Waals surface area contributed by atoms with E-state index in [0.717, 1.165) is 36.9 Å². The maximum absolute atomic E-state index is 13.0. The average Bonchev–Trinajstić information content (AvgIpc) is 3.20. The number of fused-ring (bicyclic) bond motifs is 1. The number of benzene rings is 1. The van der Waals surface area contributed by atoms with Crippen LogP contribution in [0, 0.1) is 11.8 Å². The number of nitrogens with two attached hydrogens (primary N) is 1. The third kappa shape index (κ3) is 3.08. The molecule has 2 aliphatic rings. The van der Waals surface area contributed by atoms with Crippen LogP contribution in [0.15, 0.2) is 23.1 Å². The maximum atomic E-state index is 13.0. The number of rotatable bonds is 5. The quantitative estimate of drug-likeness (QED) is 0.835. The zero-order valence-electron chi connectivity index (χ0n) is 14.0. The van der Waals surface area contributed by atoms with E-state index in [4.69, 9.17) is 5.73 Å². The van der Waals surface area contributed by atoms with Crippen molar-refractivity contribution in [3.8, 4) is 0 Å². The van der Waals surface area contributed by atoms with Gasteiger partial charge in [0.1, 0.15) is 0 Å². The van der Waals surface area contributed by atoms with Crippen LogP contribution in [0.2, 0.25) is 0 Å². The maximum Gasteiger partial charge on any atom is 0.240 e. The van der Waals surface area contributed by atoms with Crippen molar-refractivity contribution in [2.75, 3.05) is 24.5 Å². The molecule has 1 amide bonds. The summed E-state index contributed by atoms with van der Waals surface area (Å²) >= 11 is 0. The third-order valence-electron chi connectivity index (χ3n) is 5.14. The summed E-state index contributed by atoms with van der Waals surface area (Å²) in [5, 5.41) is 0. The van der Waals surface area contributed by atoms with E-state index in [2.05, 4.69) is 4.72 Å². The van der Waals surface area contributed by atoms with Crippen molar-refractivity contribution in [1.82, 2.24) is 4.72 Å². The van der Waals surface area contributed by atoms with Crippen LogP contribution in [0.3, 0.4) is 0 Å². The average molecular weight is 351 g/mol. The Hall–Kier alpha value is -1.44. The summed E-state index contributed by atoms with van der Waals surface area (Å²) in [6, 6.07) is 5.07. The predicted octanol–water partition coefficient (Wildman–Crippen LogP) is 1.25. The highest BCUT2D eigenvalue weighted by Crippen LogP contribution is 2.37. The first-order valence-electron chi connectivity index (χ1n) is 8.62. The molecule has 3 rings (SSSR count). The van der Waals surface area contributed by atoms with Gasteiger partial charge in [0, 0.05) is 24.7 Å². The molecule has 3 N–H and O–H groups in total. The van der Waals surface area contributed by atoms with Crippen molar-refractivity contribution in [3.63, 3.8) is 0 Å². The number of nitrogens with zero attached hydrogens (tertiary/aromatic N) is 1. The minimum atomic E-state index is -3.52. The largest absolute Gasteiger partial charge is 0.330 e. The Labute approximate surface area is 143 Å². The Balaban J connectivity index is 1.89. The van der Waals surface area contributed by atoms with Gasteiger partial charge in [-0.05, 0) is 49.4 Å². The molecule has 0 aromatic heterocycles. The molecule has 0 saturated heterocycles. The van der Waals surface area contributed by atoms with E-state index in [9.17, 15) is 13.2 Å². The Bertz CT molecular complexity index is 733. The van der Waals surface area contributed by atoms with E-state index in [1.54, 1.807) is 24.0 Å². The number of carbonyl (C=O) groups excluding carboxylic acids is 1. The van der Waals surface area contributed by atoms with Crippen LogP contribution in [-0.2, 0) is 21.2 Å². The molecule has 1 aromatic rings. The Morgan fingerprint density at radius 3 is 2.88 bits per heavy atom. The van der Waals surface area contributed by atoms with Crippen LogP contribution in [0.1, 0.15) is 31.7 Å². The minimum Gasteiger partial charge on any atom is -0.330 e. The van der Waals surface area contributed by atoms with Crippen LogP contribution >= 0.6 is 0 Å². The molecule has 0 bridgehead atoms. The summed E-state index contributed by atoms with van der Waals surface area (Å²) < 4.78 is 27.0. The fourth-order valence-corrected chi connectivity index (χ4v) is 4.93. The van der Waals surface area contributed by atoms with Crippen molar-refractivity contribution in [1.29, 1.82) is 0 Å². The molecule has 1 saturated carbocycles. The highest BCUT2D eigenvalue weighted by Gasteiger charge is 2.37. The van der Waals surface area contributed by atoms with Crippen molar-refractivity contribution in [3.05, 3.63) is 23.8 Å². The van der Waals surface area contributed by atoms with Gasteiger partial charge in [-0.3, -0.25) is 4.79 Å². The Morgan fingerprint density at radius 1 is 1.38 bits per heavy atom. The van der Waals surface area contributed by atoms with Crippen LogP contribution in [0.4, 0.5) is 5.69 Å². The molecular weight excluding hydrogens is 326 g/mol. The molecule has 0 unspecified atom stereocenters. The predicted molar refractivity (Wildman–Crippen MR) is 93.2 cm³/mol. The highest BCUT2D eigenvalue weighted by molar-refractivity contribution is 7.89. The monoisotopic (exact) mass is 351 g/mol.